The van der Waals surface area contributed by atoms with E-state index in [0.29, 0.717) is 0 Å². The second kappa shape index (κ2) is 7.63. The summed E-state index contributed by atoms with van der Waals surface area (Å²) in [6.07, 6.45) is 5.83. The van der Waals surface area contributed by atoms with E-state index in [9.17, 15) is 0 Å². The van der Waals surface area contributed by atoms with Crippen molar-refractivity contribution in [1.29, 1.82) is 5.41 Å². The Hall–Kier alpha value is -0.370. The molecule has 1 N–H and O–H groups in total. The first-order chi connectivity index (χ1) is 4.41. The maximum absolute atomic E-state index is 6.73. The van der Waals surface area contributed by atoms with Gasteiger partial charge in [0.05, 0.1) is 0 Å². The Morgan fingerprint density at radius 3 is 2.67 bits per heavy atom. The van der Waals surface area contributed by atoms with Crippen LogP contribution in [0.5, 0.6) is 0 Å². The minimum atomic E-state index is 0.859. The zero-order chi connectivity index (χ0) is 6.95. The molecule has 0 heterocycles. The molecule has 0 aromatic rings. The maximum atomic E-state index is 6.73. The van der Waals surface area contributed by atoms with Gasteiger partial charge in [0.2, 0.25) is 0 Å². The highest BCUT2D eigenvalue weighted by Crippen LogP contribution is 1.96. The van der Waals surface area contributed by atoms with Crippen LogP contribution < -0.4 is 0 Å². The van der Waals surface area contributed by atoms with E-state index in [-0.39, 0.29) is 0 Å². The van der Waals surface area contributed by atoms with Crippen molar-refractivity contribution in [2.24, 2.45) is 0 Å². The lowest BCUT2D eigenvalue weighted by Crippen LogP contribution is -1.87. The van der Waals surface area contributed by atoms with Gasteiger partial charge in [-0.25, -0.2) is 0 Å². The van der Waals surface area contributed by atoms with Gasteiger partial charge in [-0.1, -0.05) is 6.42 Å². The SMILES string of the molecule is COCCCCCC=N. The van der Waals surface area contributed by atoms with Crippen molar-refractivity contribution in [2.45, 2.75) is 25.7 Å². The van der Waals surface area contributed by atoms with Gasteiger partial charge in [-0.3, -0.25) is 0 Å². The summed E-state index contributed by atoms with van der Waals surface area (Å²) in [5.74, 6) is 0. The molecule has 0 aliphatic carbocycles. The summed E-state index contributed by atoms with van der Waals surface area (Å²) in [6.45, 7) is 0.859. The van der Waals surface area contributed by atoms with E-state index < -0.39 is 0 Å². The van der Waals surface area contributed by atoms with Crippen LogP contribution in [0.1, 0.15) is 25.7 Å². The number of rotatable bonds is 6. The van der Waals surface area contributed by atoms with Crippen molar-refractivity contribution < 1.29 is 4.74 Å². The number of hydrogen-bond acceptors (Lipinski definition) is 2. The fraction of sp³-hybridized carbons (Fsp3) is 0.857. The largest absolute Gasteiger partial charge is 0.385 e. The van der Waals surface area contributed by atoms with Crippen molar-refractivity contribution in [1.82, 2.24) is 0 Å². The van der Waals surface area contributed by atoms with Crippen molar-refractivity contribution in [3.8, 4) is 0 Å². The van der Waals surface area contributed by atoms with Crippen LogP contribution in [0.25, 0.3) is 0 Å². The Balaban J connectivity index is 2.66. The molecule has 0 unspecified atom stereocenters. The van der Waals surface area contributed by atoms with Crippen LogP contribution >= 0.6 is 0 Å². The molecule has 9 heavy (non-hydrogen) atoms. The van der Waals surface area contributed by atoms with E-state index in [1.807, 2.05) is 0 Å². The second-order valence-electron chi connectivity index (χ2n) is 2.05. The minimum Gasteiger partial charge on any atom is -0.385 e. The third kappa shape index (κ3) is 7.63. The van der Waals surface area contributed by atoms with Gasteiger partial charge in [-0.05, 0) is 25.5 Å². The molecule has 2 nitrogen and oxygen atoms in total. The first kappa shape index (κ1) is 8.63. The fourth-order valence-electron chi connectivity index (χ4n) is 0.670. The summed E-state index contributed by atoms with van der Waals surface area (Å²) < 4.78 is 4.86. The van der Waals surface area contributed by atoms with Crippen molar-refractivity contribution in [3.05, 3.63) is 0 Å². The second-order valence-corrected chi connectivity index (χ2v) is 2.05. The summed E-state index contributed by atoms with van der Waals surface area (Å²) in [4.78, 5) is 0. The van der Waals surface area contributed by atoms with Crippen molar-refractivity contribution in [2.75, 3.05) is 13.7 Å². The maximum Gasteiger partial charge on any atom is 0.0462 e. The Labute approximate surface area is 56.7 Å². The Morgan fingerprint density at radius 2 is 2.11 bits per heavy atom. The van der Waals surface area contributed by atoms with Gasteiger partial charge >= 0.3 is 0 Å². The van der Waals surface area contributed by atoms with Gasteiger partial charge in [0.25, 0.3) is 0 Å². The molecule has 0 aromatic heterocycles. The molecule has 2 heteroatoms. The van der Waals surface area contributed by atoms with Crippen LogP contribution in [0.4, 0.5) is 0 Å². The van der Waals surface area contributed by atoms with Crippen LogP contribution in [0.2, 0.25) is 0 Å². The third-order valence-electron chi connectivity index (χ3n) is 1.20. The molecule has 0 radical (unpaired) electrons. The van der Waals surface area contributed by atoms with Crippen molar-refractivity contribution in [3.63, 3.8) is 0 Å². The molecule has 0 aromatic carbocycles. The van der Waals surface area contributed by atoms with E-state index in [2.05, 4.69) is 0 Å². The molecule has 0 spiro atoms. The number of methoxy groups -OCH3 is 1. The lowest BCUT2D eigenvalue weighted by molar-refractivity contribution is 0.192. The Morgan fingerprint density at radius 1 is 1.33 bits per heavy atom. The molecule has 0 bridgehead atoms. The number of unbranched alkanes of at least 4 members (excludes halogenated alkanes) is 3. The highest BCUT2D eigenvalue weighted by molar-refractivity contribution is 5.52. The lowest BCUT2D eigenvalue weighted by Gasteiger charge is -1.95. The van der Waals surface area contributed by atoms with Crippen LogP contribution in [0, 0.1) is 5.41 Å². The molecule has 0 aliphatic heterocycles. The normalized spacial score (nSPS) is 9.44. The smallest absolute Gasteiger partial charge is 0.0462 e. The number of nitrogens with one attached hydrogen (secondary N) is 1. The Kier molecular flexibility index (Phi) is 7.32. The molecule has 0 fully saturated rings. The topological polar surface area (TPSA) is 33.1 Å². The molecule has 0 atom stereocenters. The molecule has 0 amide bonds. The number of ether oxygens (including phenoxy) is 1. The van der Waals surface area contributed by atoms with E-state index in [1.54, 1.807) is 7.11 Å². The zero-order valence-electron chi connectivity index (χ0n) is 6.02. The lowest BCUT2D eigenvalue weighted by atomic mass is 10.2. The summed E-state index contributed by atoms with van der Waals surface area (Å²) in [6, 6.07) is 0. The quantitative estimate of drug-likeness (QED) is 0.431. The van der Waals surface area contributed by atoms with E-state index in [1.165, 1.54) is 12.6 Å². The standard InChI is InChI=1S/C7H15NO/c1-9-7-5-3-2-4-6-8/h6,8H,2-5,7H2,1H3. The summed E-state index contributed by atoms with van der Waals surface area (Å²) in [5.41, 5.74) is 0. The zero-order valence-corrected chi connectivity index (χ0v) is 6.02. The first-order valence-electron chi connectivity index (χ1n) is 3.39. The predicted octanol–water partition coefficient (Wildman–Crippen LogP) is 1.84. The fourth-order valence-corrected chi connectivity index (χ4v) is 0.670. The molecular formula is C7H15NO. The van der Waals surface area contributed by atoms with Gasteiger partial charge in [-0.15, -0.1) is 0 Å². The predicted molar refractivity (Wildman–Crippen MR) is 39.1 cm³/mol. The summed E-state index contributed by atoms with van der Waals surface area (Å²) in [5, 5.41) is 6.73. The van der Waals surface area contributed by atoms with E-state index >= 15 is 0 Å². The first-order valence-corrected chi connectivity index (χ1v) is 3.39. The van der Waals surface area contributed by atoms with Crippen LogP contribution in [-0.2, 0) is 4.74 Å². The average Bonchev–Trinajstić information content (AvgIpc) is 1.89. The average molecular weight is 129 g/mol. The summed E-state index contributed by atoms with van der Waals surface area (Å²) in [7, 11) is 1.72. The van der Waals surface area contributed by atoms with Crippen LogP contribution in [0.15, 0.2) is 0 Å². The monoisotopic (exact) mass is 129 g/mol. The van der Waals surface area contributed by atoms with Crippen molar-refractivity contribution >= 4 is 6.21 Å². The van der Waals surface area contributed by atoms with Gasteiger partial charge in [0.15, 0.2) is 0 Å². The molecular weight excluding hydrogens is 114 g/mol. The van der Waals surface area contributed by atoms with Gasteiger partial charge in [0.1, 0.15) is 0 Å². The van der Waals surface area contributed by atoms with E-state index in [4.69, 9.17) is 10.1 Å². The minimum absolute atomic E-state index is 0.859. The van der Waals surface area contributed by atoms with Gasteiger partial charge < -0.3 is 10.1 Å². The molecule has 0 aliphatic rings. The Bertz CT molecular complexity index is 63.9. The third-order valence-corrected chi connectivity index (χ3v) is 1.20. The van der Waals surface area contributed by atoms with Crippen LogP contribution in [0.3, 0.4) is 0 Å². The highest BCUT2D eigenvalue weighted by Gasteiger charge is 1.85. The molecule has 0 saturated heterocycles. The summed E-state index contributed by atoms with van der Waals surface area (Å²) >= 11 is 0. The van der Waals surface area contributed by atoms with Gasteiger partial charge in [-0.2, -0.15) is 0 Å². The number of hydrogen-bond donors (Lipinski definition) is 1. The molecule has 0 saturated carbocycles. The molecule has 0 rings (SSSR count). The van der Waals surface area contributed by atoms with Gasteiger partial charge in [0, 0.05) is 13.7 Å². The molecule has 54 valence electrons. The highest BCUT2D eigenvalue weighted by atomic mass is 16.5. The van der Waals surface area contributed by atoms with E-state index in [0.717, 1.165) is 25.9 Å². The van der Waals surface area contributed by atoms with Crippen LogP contribution in [-0.4, -0.2) is 19.9 Å².